The second kappa shape index (κ2) is 7.91. The van der Waals surface area contributed by atoms with Crippen LogP contribution in [0.3, 0.4) is 0 Å². The number of para-hydroxylation sites is 1. The molecule has 30 heavy (non-hydrogen) atoms. The zero-order valence-corrected chi connectivity index (χ0v) is 17.0. The molecular formula is C24H21FN4O. The highest BCUT2D eigenvalue weighted by Gasteiger charge is 2.20. The van der Waals surface area contributed by atoms with Gasteiger partial charge in [0.15, 0.2) is 5.82 Å². The largest absolute Gasteiger partial charge is 0.319 e. The summed E-state index contributed by atoms with van der Waals surface area (Å²) in [5, 5.41) is 7.36. The van der Waals surface area contributed by atoms with Crippen molar-refractivity contribution in [1.82, 2.24) is 14.8 Å². The van der Waals surface area contributed by atoms with Gasteiger partial charge in [0.2, 0.25) is 5.82 Å². The van der Waals surface area contributed by atoms with Crippen molar-refractivity contribution in [2.24, 2.45) is 0 Å². The third-order valence-corrected chi connectivity index (χ3v) is 4.89. The summed E-state index contributed by atoms with van der Waals surface area (Å²) in [6.45, 7) is 5.91. The fraction of sp³-hybridized carbons (Fsp3) is 0.125. The van der Waals surface area contributed by atoms with E-state index in [1.807, 2.05) is 63.2 Å². The van der Waals surface area contributed by atoms with E-state index in [2.05, 4.69) is 15.4 Å². The number of anilines is 1. The lowest BCUT2D eigenvalue weighted by molar-refractivity contribution is 0.101. The number of hydrogen-bond donors (Lipinski definition) is 1. The van der Waals surface area contributed by atoms with Crippen molar-refractivity contribution in [1.29, 1.82) is 0 Å². The summed E-state index contributed by atoms with van der Waals surface area (Å²) in [7, 11) is 0. The predicted octanol–water partition coefficient (Wildman–Crippen LogP) is 5.25. The van der Waals surface area contributed by atoms with Gasteiger partial charge in [-0.05, 0) is 68.3 Å². The maximum absolute atomic E-state index is 13.4. The van der Waals surface area contributed by atoms with Crippen LogP contribution < -0.4 is 5.32 Å². The topological polar surface area (TPSA) is 59.8 Å². The molecule has 4 aromatic rings. The van der Waals surface area contributed by atoms with Crippen molar-refractivity contribution in [2.45, 2.75) is 20.8 Å². The van der Waals surface area contributed by atoms with E-state index in [1.54, 1.807) is 16.8 Å². The Morgan fingerprint density at radius 3 is 2.37 bits per heavy atom. The third kappa shape index (κ3) is 3.85. The zero-order chi connectivity index (χ0) is 21.3. The third-order valence-electron chi connectivity index (χ3n) is 4.89. The predicted molar refractivity (Wildman–Crippen MR) is 115 cm³/mol. The minimum absolute atomic E-state index is 0.0394. The van der Waals surface area contributed by atoms with Crippen LogP contribution in [0.25, 0.3) is 17.1 Å². The number of amides is 1. The monoisotopic (exact) mass is 400 g/mol. The van der Waals surface area contributed by atoms with Gasteiger partial charge in [-0.3, -0.25) is 4.79 Å². The highest BCUT2D eigenvalue weighted by atomic mass is 19.1. The first-order valence-corrected chi connectivity index (χ1v) is 9.60. The molecule has 1 amide bonds. The molecule has 0 spiro atoms. The highest BCUT2D eigenvalue weighted by molar-refractivity contribution is 6.02. The van der Waals surface area contributed by atoms with Gasteiger partial charge in [0.25, 0.3) is 5.91 Å². The van der Waals surface area contributed by atoms with Crippen molar-refractivity contribution in [3.8, 4) is 17.1 Å². The molecule has 0 atom stereocenters. The fourth-order valence-corrected chi connectivity index (χ4v) is 3.30. The van der Waals surface area contributed by atoms with Crippen LogP contribution in [0.1, 0.15) is 27.3 Å². The van der Waals surface area contributed by atoms with Crippen LogP contribution in [0.2, 0.25) is 0 Å². The number of carbonyl (C=O) groups is 1. The second-order valence-electron chi connectivity index (χ2n) is 7.24. The van der Waals surface area contributed by atoms with Gasteiger partial charge in [0.05, 0.1) is 5.69 Å². The molecule has 0 unspecified atom stereocenters. The SMILES string of the molecule is Cc1ccc(-n2nc(C(=O)Nc3ccccc3C)nc2-c2ccc(F)cc2)c(C)c1. The Labute approximate surface area is 174 Å². The van der Waals surface area contributed by atoms with Gasteiger partial charge in [-0.15, -0.1) is 5.10 Å². The molecule has 0 saturated carbocycles. The lowest BCUT2D eigenvalue weighted by Gasteiger charge is -2.10. The van der Waals surface area contributed by atoms with E-state index < -0.39 is 5.91 Å². The van der Waals surface area contributed by atoms with E-state index in [9.17, 15) is 9.18 Å². The number of benzene rings is 3. The molecule has 0 bridgehead atoms. The van der Waals surface area contributed by atoms with Gasteiger partial charge >= 0.3 is 0 Å². The molecule has 1 N–H and O–H groups in total. The summed E-state index contributed by atoms with van der Waals surface area (Å²) in [5.74, 6) is -0.237. The summed E-state index contributed by atoms with van der Waals surface area (Å²) in [4.78, 5) is 17.4. The van der Waals surface area contributed by atoms with E-state index in [1.165, 1.54) is 12.1 Å². The number of hydrogen-bond acceptors (Lipinski definition) is 3. The molecule has 1 aromatic heterocycles. The molecule has 6 heteroatoms. The first kappa shape index (κ1) is 19.5. The minimum atomic E-state index is -0.406. The summed E-state index contributed by atoms with van der Waals surface area (Å²) in [6.07, 6.45) is 0. The Morgan fingerprint density at radius 1 is 0.933 bits per heavy atom. The lowest BCUT2D eigenvalue weighted by atomic mass is 10.1. The number of halogens is 1. The van der Waals surface area contributed by atoms with Crippen molar-refractivity contribution in [3.63, 3.8) is 0 Å². The Balaban J connectivity index is 1.80. The van der Waals surface area contributed by atoms with Crippen molar-refractivity contribution in [3.05, 3.63) is 95.1 Å². The molecule has 5 nitrogen and oxygen atoms in total. The molecule has 0 aliphatic carbocycles. The number of aromatic nitrogens is 3. The Morgan fingerprint density at radius 2 is 1.67 bits per heavy atom. The molecule has 0 radical (unpaired) electrons. The molecule has 0 fully saturated rings. The van der Waals surface area contributed by atoms with Gasteiger partial charge in [-0.2, -0.15) is 0 Å². The van der Waals surface area contributed by atoms with Crippen LogP contribution in [0, 0.1) is 26.6 Å². The summed E-state index contributed by atoms with van der Waals surface area (Å²) < 4.78 is 15.1. The summed E-state index contributed by atoms with van der Waals surface area (Å²) in [5.41, 5.74) is 5.24. The maximum atomic E-state index is 13.4. The zero-order valence-electron chi connectivity index (χ0n) is 17.0. The van der Waals surface area contributed by atoms with Crippen LogP contribution in [0.5, 0.6) is 0 Å². The molecule has 1 heterocycles. The van der Waals surface area contributed by atoms with Crippen molar-refractivity contribution >= 4 is 11.6 Å². The number of nitrogens with one attached hydrogen (secondary N) is 1. The van der Waals surface area contributed by atoms with Crippen LogP contribution in [0.15, 0.2) is 66.7 Å². The summed E-state index contributed by atoms with van der Waals surface area (Å²) >= 11 is 0. The summed E-state index contributed by atoms with van der Waals surface area (Å²) in [6, 6.07) is 19.5. The van der Waals surface area contributed by atoms with Gasteiger partial charge in [0.1, 0.15) is 5.82 Å². The van der Waals surface area contributed by atoms with E-state index in [0.717, 1.165) is 22.4 Å². The lowest BCUT2D eigenvalue weighted by Crippen LogP contribution is -2.15. The quantitative estimate of drug-likeness (QED) is 0.509. The molecule has 0 aliphatic rings. The molecule has 4 rings (SSSR count). The number of rotatable bonds is 4. The van der Waals surface area contributed by atoms with Gasteiger partial charge < -0.3 is 5.32 Å². The van der Waals surface area contributed by atoms with Crippen LogP contribution >= 0.6 is 0 Å². The Hall–Kier alpha value is -3.80. The van der Waals surface area contributed by atoms with E-state index in [-0.39, 0.29) is 11.6 Å². The van der Waals surface area contributed by atoms with E-state index >= 15 is 0 Å². The minimum Gasteiger partial charge on any atom is -0.319 e. The molecular weight excluding hydrogens is 379 g/mol. The molecule has 0 aliphatic heterocycles. The van der Waals surface area contributed by atoms with Crippen LogP contribution in [-0.2, 0) is 0 Å². The smallest absolute Gasteiger partial charge is 0.295 e. The van der Waals surface area contributed by atoms with Crippen LogP contribution in [0.4, 0.5) is 10.1 Å². The standard InChI is InChI=1S/C24H21FN4O/c1-15-8-13-21(17(3)14-15)29-23(18-9-11-19(25)12-10-18)27-22(28-29)24(30)26-20-7-5-4-6-16(20)2/h4-14H,1-3H3,(H,26,30). The second-order valence-corrected chi connectivity index (χ2v) is 7.24. The molecule has 0 saturated heterocycles. The Bertz CT molecular complexity index is 1230. The maximum Gasteiger partial charge on any atom is 0.295 e. The normalized spacial score (nSPS) is 10.8. The van der Waals surface area contributed by atoms with Gasteiger partial charge in [-0.25, -0.2) is 14.1 Å². The van der Waals surface area contributed by atoms with Gasteiger partial charge in [0, 0.05) is 11.3 Å². The first-order valence-electron chi connectivity index (χ1n) is 9.60. The van der Waals surface area contributed by atoms with Crippen molar-refractivity contribution < 1.29 is 9.18 Å². The van der Waals surface area contributed by atoms with E-state index in [0.29, 0.717) is 17.1 Å². The molecule has 150 valence electrons. The van der Waals surface area contributed by atoms with Crippen molar-refractivity contribution in [2.75, 3.05) is 5.32 Å². The number of carbonyl (C=O) groups excluding carboxylic acids is 1. The Kier molecular flexibility index (Phi) is 5.14. The van der Waals surface area contributed by atoms with E-state index in [4.69, 9.17) is 0 Å². The number of nitrogens with zero attached hydrogens (tertiary/aromatic N) is 3. The average Bonchev–Trinajstić information content (AvgIpc) is 3.15. The first-order chi connectivity index (χ1) is 14.4. The average molecular weight is 400 g/mol. The van der Waals surface area contributed by atoms with Gasteiger partial charge in [-0.1, -0.05) is 35.9 Å². The number of aryl methyl sites for hydroxylation is 3. The highest BCUT2D eigenvalue weighted by Crippen LogP contribution is 2.25. The van der Waals surface area contributed by atoms with Crippen LogP contribution in [-0.4, -0.2) is 20.7 Å². The fourth-order valence-electron chi connectivity index (χ4n) is 3.30. The molecule has 3 aromatic carbocycles.